The normalized spacial score (nSPS) is 37.1. The smallest absolute Gasteiger partial charge is 0.253 e. The number of nitrogens with one attached hydrogen (secondary N) is 2. The third-order valence-electron chi connectivity index (χ3n) is 5.87. The zero-order chi connectivity index (χ0) is 13.3. The minimum atomic E-state index is 0.0984. The van der Waals surface area contributed by atoms with Crippen molar-refractivity contribution in [2.24, 2.45) is 23.7 Å². The number of H-pyrrole nitrogens is 1. The van der Waals surface area contributed by atoms with E-state index in [4.69, 9.17) is 0 Å². The van der Waals surface area contributed by atoms with E-state index in [1.165, 1.54) is 19.3 Å². The van der Waals surface area contributed by atoms with Crippen LogP contribution in [-0.4, -0.2) is 16.9 Å². The van der Waals surface area contributed by atoms with Gasteiger partial charge in [-0.15, -0.1) is 0 Å². The van der Waals surface area contributed by atoms with Crippen molar-refractivity contribution >= 4 is 16.8 Å². The number of amides is 1. The molecule has 2 aromatic rings. The number of rotatable bonds is 2. The second-order valence-corrected chi connectivity index (χ2v) is 6.74. The Balaban J connectivity index is 1.39. The summed E-state index contributed by atoms with van der Waals surface area (Å²) in [5, 5.41) is 4.32. The van der Waals surface area contributed by atoms with Gasteiger partial charge >= 0.3 is 0 Å². The molecule has 2 N–H and O–H groups in total. The van der Waals surface area contributed by atoms with E-state index in [9.17, 15) is 4.79 Å². The first kappa shape index (κ1) is 11.0. The maximum absolute atomic E-state index is 12.5. The summed E-state index contributed by atoms with van der Waals surface area (Å²) >= 11 is 0. The molecular formula is C17H18N2O. The van der Waals surface area contributed by atoms with Gasteiger partial charge in [0.2, 0.25) is 0 Å². The van der Waals surface area contributed by atoms with Gasteiger partial charge in [-0.2, -0.15) is 0 Å². The van der Waals surface area contributed by atoms with Gasteiger partial charge in [-0.25, -0.2) is 0 Å². The van der Waals surface area contributed by atoms with Crippen molar-refractivity contribution in [1.29, 1.82) is 0 Å². The van der Waals surface area contributed by atoms with Crippen LogP contribution in [0, 0.1) is 23.7 Å². The molecule has 3 heteroatoms. The number of hydrogen-bond acceptors (Lipinski definition) is 1. The number of aromatic nitrogens is 1. The second kappa shape index (κ2) is 3.66. The third kappa shape index (κ3) is 1.33. The summed E-state index contributed by atoms with van der Waals surface area (Å²) in [6.45, 7) is 0. The van der Waals surface area contributed by atoms with E-state index < -0.39 is 0 Å². The van der Waals surface area contributed by atoms with Gasteiger partial charge in [-0.3, -0.25) is 4.79 Å². The molecule has 20 heavy (non-hydrogen) atoms. The maximum Gasteiger partial charge on any atom is 0.253 e. The molecule has 3 saturated carbocycles. The highest BCUT2D eigenvalue weighted by Crippen LogP contribution is 2.65. The quantitative estimate of drug-likeness (QED) is 0.862. The molecule has 3 fully saturated rings. The molecule has 0 radical (unpaired) electrons. The van der Waals surface area contributed by atoms with E-state index in [1.807, 2.05) is 30.5 Å². The largest absolute Gasteiger partial charge is 0.360 e. The van der Waals surface area contributed by atoms with Crippen molar-refractivity contribution in [3.05, 3.63) is 36.0 Å². The van der Waals surface area contributed by atoms with E-state index in [-0.39, 0.29) is 5.91 Å². The zero-order valence-electron chi connectivity index (χ0n) is 11.3. The number of carbonyl (C=O) groups excluding carboxylic acids is 1. The molecule has 5 rings (SSSR count). The highest BCUT2D eigenvalue weighted by molar-refractivity contribution is 6.06. The van der Waals surface area contributed by atoms with E-state index in [0.29, 0.717) is 6.04 Å². The number of benzene rings is 1. The Morgan fingerprint density at radius 3 is 2.70 bits per heavy atom. The predicted molar refractivity (Wildman–Crippen MR) is 77.4 cm³/mol. The minimum absolute atomic E-state index is 0.0984. The van der Waals surface area contributed by atoms with E-state index in [0.717, 1.165) is 40.1 Å². The van der Waals surface area contributed by atoms with Crippen molar-refractivity contribution in [2.45, 2.75) is 25.3 Å². The van der Waals surface area contributed by atoms with Crippen LogP contribution < -0.4 is 5.32 Å². The Labute approximate surface area is 117 Å². The summed E-state index contributed by atoms with van der Waals surface area (Å²) in [4.78, 5) is 15.7. The average Bonchev–Trinajstić information content (AvgIpc) is 2.91. The summed E-state index contributed by atoms with van der Waals surface area (Å²) in [5.41, 5.74) is 1.83. The van der Waals surface area contributed by atoms with Crippen molar-refractivity contribution in [2.75, 3.05) is 0 Å². The van der Waals surface area contributed by atoms with Crippen LogP contribution in [0.15, 0.2) is 30.5 Å². The van der Waals surface area contributed by atoms with Gasteiger partial charge in [-0.05, 0) is 49.0 Å². The summed E-state index contributed by atoms with van der Waals surface area (Å²) in [7, 11) is 0. The summed E-state index contributed by atoms with van der Waals surface area (Å²) in [6, 6.07) is 8.46. The van der Waals surface area contributed by atoms with Crippen LogP contribution in [0.1, 0.15) is 29.6 Å². The topological polar surface area (TPSA) is 44.9 Å². The lowest BCUT2D eigenvalue weighted by atomic mass is 10.0. The van der Waals surface area contributed by atoms with Gasteiger partial charge < -0.3 is 10.3 Å². The lowest BCUT2D eigenvalue weighted by Gasteiger charge is -2.10. The summed E-state index contributed by atoms with van der Waals surface area (Å²) in [6.07, 6.45) is 6.05. The number of carbonyl (C=O) groups is 1. The molecule has 1 heterocycles. The van der Waals surface area contributed by atoms with Gasteiger partial charge in [0.05, 0.1) is 5.56 Å². The fourth-order valence-electron chi connectivity index (χ4n) is 5.01. The van der Waals surface area contributed by atoms with E-state index in [2.05, 4.69) is 10.3 Å². The van der Waals surface area contributed by atoms with Gasteiger partial charge in [0.15, 0.2) is 0 Å². The Kier molecular flexibility index (Phi) is 2.00. The molecule has 1 aromatic heterocycles. The SMILES string of the molecule is O=C(NC1C2C3CCC(C3)C12)c1c[nH]c2ccccc12. The molecule has 4 unspecified atom stereocenters. The fraction of sp³-hybridized carbons (Fsp3) is 0.471. The fourth-order valence-corrected chi connectivity index (χ4v) is 5.01. The van der Waals surface area contributed by atoms with Crippen LogP contribution in [0.5, 0.6) is 0 Å². The molecule has 4 atom stereocenters. The Hall–Kier alpha value is -1.77. The molecule has 3 aliphatic carbocycles. The minimum Gasteiger partial charge on any atom is -0.360 e. The zero-order valence-corrected chi connectivity index (χ0v) is 11.3. The number of aromatic amines is 1. The Bertz CT molecular complexity index is 688. The third-order valence-corrected chi connectivity index (χ3v) is 5.87. The second-order valence-electron chi connectivity index (χ2n) is 6.74. The Morgan fingerprint density at radius 1 is 1.15 bits per heavy atom. The van der Waals surface area contributed by atoms with Crippen LogP contribution in [-0.2, 0) is 0 Å². The lowest BCUT2D eigenvalue weighted by Crippen LogP contribution is -2.29. The van der Waals surface area contributed by atoms with Gasteiger partial charge in [0, 0.05) is 23.1 Å². The van der Waals surface area contributed by atoms with Gasteiger partial charge in [0.25, 0.3) is 5.91 Å². The van der Waals surface area contributed by atoms with Crippen molar-refractivity contribution in [1.82, 2.24) is 10.3 Å². The van der Waals surface area contributed by atoms with Crippen molar-refractivity contribution in [3.63, 3.8) is 0 Å². The molecule has 3 nitrogen and oxygen atoms in total. The predicted octanol–water partition coefficient (Wildman–Crippen LogP) is 2.94. The molecule has 102 valence electrons. The van der Waals surface area contributed by atoms with Crippen LogP contribution in [0.2, 0.25) is 0 Å². The highest BCUT2D eigenvalue weighted by atomic mass is 16.1. The van der Waals surface area contributed by atoms with Crippen LogP contribution in [0.3, 0.4) is 0 Å². The standard InChI is InChI=1S/C17H18N2O/c20-17(12-8-18-13-4-2-1-3-11(12)13)19-16-14-9-5-6-10(7-9)15(14)16/h1-4,8-10,14-16,18H,5-7H2,(H,19,20). The summed E-state index contributed by atoms with van der Waals surface area (Å²) in [5.74, 6) is 3.49. The number of fused-ring (bicyclic) bond motifs is 6. The van der Waals surface area contributed by atoms with Crippen molar-refractivity contribution in [3.8, 4) is 0 Å². The van der Waals surface area contributed by atoms with Gasteiger partial charge in [-0.1, -0.05) is 18.2 Å². The van der Waals surface area contributed by atoms with Crippen LogP contribution in [0.4, 0.5) is 0 Å². The van der Waals surface area contributed by atoms with Gasteiger partial charge in [0.1, 0.15) is 0 Å². The molecule has 0 aliphatic heterocycles. The highest BCUT2D eigenvalue weighted by Gasteiger charge is 2.65. The molecule has 2 bridgehead atoms. The molecule has 0 saturated heterocycles. The van der Waals surface area contributed by atoms with E-state index in [1.54, 1.807) is 0 Å². The molecular weight excluding hydrogens is 248 g/mol. The molecule has 0 spiro atoms. The summed E-state index contributed by atoms with van der Waals surface area (Å²) < 4.78 is 0. The number of hydrogen-bond donors (Lipinski definition) is 2. The maximum atomic E-state index is 12.5. The molecule has 1 amide bonds. The van der Waals surface area contributed by atoms with E-state index >= 15 is 0 Å². The van der Waals surface area contributed by atoms with Crippen LogP contribution >= 0.6 is 0 Å². The van der Waals surface area contributed by atoms with Crippen molar-refractivity contribution < 1.29 is 4.79 Å². The number of para-hydroxylation sites is 1. The monoisotopic (exact) mass is 266 g/mol. The first-order chi connectivity index (χ1) is 9.83. The first-order valence-corrected chi connectivity index (χ1v) is 7.70. The molecule has 3 aliphatic rings. The lowest BCUT2D eigenvalue weighted by molar-refractivity contribution is 0.0946. The Morgan fingerprint density at radius 2 is 1.90 bits per heavy atom. The molecule has 1 aromatic carbocycles. The van der Waals surface area contributed by atoms with Crippen LogP contribution in [0.25, 0.3) is 10.9 Å². The first-order valence-electron chi connectivity index (χ1n) is 7.70. The average molecular weight is 266 g/mol.